The van der Waals surface area contributed by atoms with Crippen LogP contribution in [0.1, 0.15) is 69.7 Å². The van der Waals surface area contributed by atoms with Gasteiger partial charge in [-0.3, -0.25) is 4.90 Å². The number of fused-ring (bicyclic) bond motifs is 2. The van der Waals surface area contributed by atoms with E-state index in [-0.39, 0.29) is 17.5 Å². The van der Waals surface area contributed by atoms with Gasteiger partial charge in [0.2, 0.25) is 10.0 Å². The molecule has 0 fully saturated rings. The first-order valence-electron chi connectivity index (χ1n) is 10.2. The van der Waals surface area contributed by atoms with E-state index in [4.69, 9.17) is 0 Å². The van der Waals surface area contributed by atoms with Gasteiger partial charge in [0, 0.05) is 17.3 Å². The molecule has 2 aliphatic rings. The Hall–Kier alpha value is -1.60. The highest BCUT2D eigenvalue weighted by Crippen LogP contribution is 2.38. The van der Waals surface area contributed by atoms with Crippen molar-refractivity contribution in [2.45, 2.75) is 84.7 Å². The Kier molecular flexibility index (Phi) is 5.79. The zero-order valence-corrected chi connectivity index (χ0v) is 18.5. The average Bonchev–Trinajstić information content (AvgIpc) is 3.19. The maximum atomic E-state index is 12.6. The van der Waals surface area contributed by atoms with Crippen molar-refractivity contribution in [1.29, 1.82) is 0 Å². The molecule has 7 heteroatoms. The molecule has 28 heavy (non-hydrogen) atoms. The molecule has 3 rings (SSSR count). The fraction of sp³-hybridized carbons (Fsp3) is 0.667. The Morgan fingerprint density at radius 3 is 2.07 bits per heavy atom. The lowest BCUT2D eigenvalue weighted by Crippen LogP contribution is -2.51. The molecule has 0 radical (unpaired) electrons. The third-order valence-corrected chi connectivity index (χ3v) is 6.87. The highest BCUT2D eigenvalue weighted by Gasteiger charge is 2.30. The van der Waals surface area contributed by atoms with Crippen LogP contribution in [-0.2, 0) is 35.7 Å². The molecule has 0 saturated carbocycles. The van der Waals surface area contributed by atoms with Gasteiger partial charge in [0.1, 0.15) is 5.88 Å². The van der Waals surface area contributed by atoms with E-state index in [2.05, 4.69) is 16.1 Å². The molecular formula is C21H33N3O3S. The number of carbonyl (C=O) groups excluding carboxylic acids is 1. The van der Waals surface area contributed by atoms with Crippen LogP contribution in [-0.4, -0.2) is 36.8 Å². The Balaban J connectivity index is 1.76. The van der Waals surface area contributed by atoms with Gasteiger partial charge in [-0.05, 0) is 95.4 Å². The maximum absolute atomic E-state index is 12.6. The summed E-state index contributed by atoms with van der Waals surface area (Å²) in [6, 6.07) is 1.67. The molecule has 0 aromatic heterocycles. The van der Waals surface area contributed by atoms with Crippen molar-refractivity contribution >= 4 is 21.7 Å². The monoisotopic (exact) mass is 407 g/mol. The number of anilines is 1. The molecule has 0 bridgehead atoms. The number of nitrogens with one attached hydrogen (secondary N) is 2. The van der Waals surface area contributed by atoms with Crippen LogP contribution in [0.5, 0.6) is 0 Å². The third-order valence-electron chi connectivity index (χ3n) is 5.75. The Morgan fingerprint density at radius 1 is 1.07 bits per heavy atom. The molecule has 2 amide bonds. The summed E-state index contributed by atoms with van der Waals surface area (Å²) >= 11 is 0. The summed E-state index contributed by atoms with van der Waals surface area (Å²) < 4.78 is 27.5. The number of rotatable bonds is 5. The Bertz CT molecular complexity index is 838. The highest BCUT2D eigenvalue weighted by molar-refractivity contribution is 7.90. The molecular weight excluding hydrogens is 374 g/mol. The maximum Gasteiger partial charge on any atom is 0.332 e. The van der Waals surface area contributed by atoms with E-state index < -0.39 is 16.1 Å². The minimum atomic E-state index is -3.79. The molecule has 0 heterocycles. The van der Waals surface area contributed by atoms with Crippen LogP contribution >= 0.6 is 0 Å². The van der Waals surface area contributed by atoms with Gasteiger partial charge in [0.25, 0.3) is 0 Å². The van der Waals surface area contributed by atoms with Gasteiger partial charge in [-0.15, -0.1) is 0 Å². The second kappa shape index (κ2) is 7.67. The number of amides is 2. The average molecular weight is 408 g/mol. The standard InChI is InChI=1S/C21H33N3O3S/c1-14(2)24(21(3,4)5)13-28(26,27)23-20(25)22-19-17-10-6-8-15(17)12-16-9-7-11-18(16)19/h12,14H,6-11,13H2,1-5H3,(H2,22,23,25). The van der Waals surface area contributed by atoms with E-state index in [0.29, 0.717) is 0 Å². The molecule has 6 nitrogen and oxygen atoms in total. The SMILES string of the molecule is CC(C)N(CS(=O)(=O)NC(=O)Nc1c2c(cc3c1CCC3)CCC2)C(C)(C)C. The lowest BCUT2D eigenvalue weighted by molar-refractivity contribution is 0.123. The number of hydrogen-bond acceptors (Lipinski definition) is 4. The van der Waals surface area contributed by atoms with Crippen molar-refractivity contribution in [1.82, 2.24) is 9.62 Å². The van der Waals surface area contributed by atoms with Crippen LogP contribution in [0.25, 0.3) is 0 Å². The third kappa shape index (κ3) is 4.51. The molecule has 0 spiro atoms. The summed E-state index contributed by atoms with van der Waals surface area (Å²) in [6.07, 6.45) is 6.12. The summed E-state index contributed by atoms with van der Waals surface area (Å²) in [5.41, 5.74) is 5.51. The van der Waals surface area contributed by atoms with Crippen LogP contribution in [0.3, 0.4) is 0 Å². The van der Waals surface area contributed by atoms with E-state index in [0.717, 1.165) is 44.2 Å². The number of carbonyl (C=O) groups is 1. The molecule has 0 saturated heterocycles. The fourth-order valence-corrected chi connectivity index (χ4v) is 6.03. The number of urea groups is 1. The van der Waals surface area contributed by atoms with Gasteiger partial charge in [0.05, 0.1) is 0 Å². The number of nitrogens with zero attached hydrogens (tertiary/aromatic N) is 1. The van der Waals surface area contributed by atoms with Crippen LogP contribution in [0.2, 0.25) is 0 Å². The molecule has 0 atom stereocenters. The van der Waals surface area contributed by atoms with Gasteiger partial charge in [-0.1, -0.05) is 6.07 Å². The van der Waals surface area contributed by atoms with E-state index in [9.17, 15) is 13.2 Å². The Labute approximate surface area is 169 Å². The van der Waals surface area contributed by atoms with Crippen LogP contribution in [0.4, 0.5) is 10.5 Å². The lowest BCUT2D eigenvalue weighted by atomic mass is 9.99. The zero-order chi connectivity index (χ0) is 20.7. The smallest absolute Gasteiger partial charge is 0.307 e. The first-order valence-corrected chi connectivity index (χ1v) is 11.9. The second-order valence-corrected chi connectivity index (χ2v) is 11.0. The summed E-state index contributed by atoms with van der Waals surface area (Å²) in [6.45, 7) is 9.83. The van der Waals surface area contributed by atoms with E-state index in [1.165, 1.54) is 22.3 Å². The van der Waals surface area contributed by atoms with Crippen molar-refractivity contribution in [3.63, 3.8) is 0 Å². The van der Waals surface area contributed by atoms with Crippen LogP contribution in [0.15, 0.2) is 6.07 Å². The lowest BCUT2D eigenvalue weighted by Gasteiger charge is -2.38. The molecule has 2 N–H and O–H groups in total. The second-order valence-electron chi connectivity index (χ2n) is 9.27. The quantitative estimate of drug-likeness (QED) is 0.782. The molecule has 1 aromatic carbocycles. The molecule has 1 aromatic rings. The fourth-order valence-electron chi connectivity index (χ4n) is 4.58. The van der Waals surface area contributed by atoms with Crippen LogP contribution in [0, 0.1) is 0 Å². The van der Waals surface area contributed by atoms with E-state index in [1.807, 2.05) is 39.5 Å². The van der Waals surface area contributed by atoms with Gasteiger partial charge in [0.15, 0.2) is 0 Å². The summed E-state index contributed by atoms with van der Waals surface area (Å²) in [5, 5.41) is 2.89. The topological polar surface area (TPSA) is 78.5 Å². The normalized spacial score (nSPS) is 16.4. The molecule has 2 aliphatic carbocycles. The van der Waals surface area contributed by atoms with Crippen molar-refractivity contribution in [3.8, 4) is 0 Å². The molecule has 0 aliphatic heterocycles. The zero-order valence-electron chi connectivity index (χ0n) is 17.7. The van der Waals surface area contributed by atoms with Crippen molar-refractivity contribution in [3.05, 3.63) is 28.3 Å². The first kappa shape index (κ1) is 21.1. The van der Waals surface area contributed by atoms with Gasteiger partial charge in [-0.25, -0.2) is 17.9 Å². The minimum absolute atomic E-state index is 0.0419. The van der Waals surface area contributed by atoms with E-state index >= 15 is 0 Å². The number of aryl methyl sites for hydroxylation is 2. The summed E-state index contributed by atoms with van der Waals surface area (Å²) in [5.74, 6) is -0.216. The predicted molar refractivity (Wildman–Crippen MR) is 113 cm³/mol. The highest BCUT2D eigenvalue weighted by atomic mass is 32.2. The molecule has 156 valence electrons. The summed E-state index contributed by atoms with van der Waals surface area (Å²) in [7, 11) is -3.79. The van der Waals surface area contributed by atoms with Gasteiger partial charge >= 0.3 is 6.03 Å². The van der Waals surface area contributed by atoms with Crippen LogP contribution < -0.4 is 10.0 Å². The summed E-state index contributed by atoms with van der Waals surface area (Å²) in [4.78, 5) is 14.5. The van der Waals surface area contributed by atoms with Gasteiger partial charge < -0.3 is 5.32 Å². The van der Waals surface area contributed by atoms with Gasteiger partial charge in [-0.2, -0.15) is 0 Å². The minimum Gasteiger partial charge on any atom is -0.307 e. The largest absolute Gasteiger partial charge is 0.332 e. The van der Waals surface area contributed by atoms with Crippen molar-refractivity contribution in [2.24, 2.45) is 0 Å². The Morgan fingerprint density at radius 2 is 1.61 bits per heavy atom. The number of sulfonamides is 1. The predicted octanol–water partition coefficient (Wildman–Crippen LogP) is 3.58. The number of hydrogen-bond donors (Lipinski definition) is 2. The van der Waals surface area contributed by atoms with Crippen molar-refractivity contribution in [2.75, 3.05) is 11.2 Å². The molecule has 0 unspecified atom stereocenters. The van der Waals surface area contributed by atoms with Crippen molar-refractivity contribution < 1.29 is 13.2 Å². The van der Waals surface area contributed by atoms with E-state index in [1.54, 1.807) is 0 Å². The number of benzene rings is 1. The first-order chi connectivity index (χ1) is 13.0.